The number of hydrogen-bond acceptors (Lipinski definition) is 9. The third-order valence-electron chi connectivity index (χ3n) is 6.68. The molecule has 0 spiro atoms. The van der Waals surface area contributed by atoms with Crippen molar-refractivity contribution in [2.24, 2.45) is 14.1 Å². The van der Waals surface area contributed by atoms with Crippen molar-refractivity contribution in [3.05, 3.63) is 43.2 Å². The van der Waals surface area contributed by atoms with E-state index in [0.29, 0.717) is 18.0 Å². The first kappa shape index (κ1) is 24.5. The summed E-state index contributed by atoms with van der Waals surface area (Å²) in [6, 6.07) is -1.14. The highest BCUT2D eigenvalue weighted by atomic mass is 32.1. The summed E-state index contributed by atoms with van der Waals surface area (Å²) in [6.45, 7) is 0.346. The molecular formula is C22H24N8O6S. The van der Waals surface area contributed by atoms with Crippen molar-refractivity contribution in [2.45, 2.75) is 44.3 Å². The number of likely N-dealkylation sites (tertiary alicyclic amines) is 1. The number of amides is 4. The minimum Gasteiger partial charge on any atom is -0.339 e. The number of nitrogens with one attached hydrogen (secondary N) is 2. The topological polar surface area (TPSA) is 170 Å². The van der Waals surface area contributed by atoms with Crippen molar-refractivity contribution in [1.29, 1.82) is 0 Å². The van der Waals surface area contributed by atoms with Gasteiger partial charge in [-0.2, -0.15) is 0 Å². The third-order valence-corrected chi connectivity index (χ3v) is 7.63. The van der Waals surface area contributed by atoms with Gasteiger partial charge >= 0.3 is 5.69 Å². The molecule has 3 aromatic heterocycles. The molecule has 15 heteroatoms. The summed E-state index contributed by atoms with van der Waals surface area (Å²) in [6.07, 6.45) is 3.14. The Morgan fingerprint density at radius 2 is 1.95 bits per heavy atom. The van der Waals surface area contributed by atoms with Gasteiger partial charge in [-0.3, -0.25) is 38.4 Å². The first-order chi connectivity index (χ1) is 17.7. The Bertz CT molecular complexity index is 1570. The van der Waals surface area contributed by atoms with Crippen molar-refractivity contribution in [1.82, 2.24) is 39.2 Å². The number of thiazole rings is 1. The highest BCUT2D eigenvalue weighted by Crippen LogP contribution is 2.34. The summed E-state index contributed by atoms with van der Waals surface area (Å²) in [5.41, 5.74) is -0.544. The van der Waals surface area contributed by atoms with Crippen molar-refractivity contribution >= 4 is 46.1 Å². The first-order valence-electron chi connectivity index (χ1n) is 11.7. The minimum atomic E-state index is -0.808. The second-order valence-corrected chi connectivity index (χ2v) is 9.93. The largest absolute Gasteiger partial charge is 0.339 e. The van der Waals surface area contributed by atoms with E-state index in [1.165, 1.54) is 40.9 Å². The Morgan fingerprint density at radius 3 is 2.70 bits per heavy atom. The monoisotopic (exact) mass is 528 g/mol. The van der Waals surface area contributed by atoms with Crippen LogP contribution in [0, 0.1) is 0 Å². The van der Waals surface area contributed by atoms with E-state index in [2.05, 4.69) is 20.6 Å². The minimum absolute atomic E-state index is 0.133. The number of fused-ring (bicyclic) bond motifs is 1. The second kappa shape index (κ2) is 9.38. The van der Waals surface area contributed by atoms with Gasteiger partial charge in [0, 0.05) is 32.4 Å². The van der Waals surface area contributed by atoms with Crippen LogP contribution in [0.2, 0.25) is 0 Å². The van der Waals surface area contributed by atoms with Crippen LogP contribution in [-0.4, -0.2) is 64.8 Å². The number of nitrogens with zero attached hydrogens (tertiary/aromatic N) is 6. The third kappa shape index (κ3) is 4.34. The summed E-state index contributed by atoms with van der Waals surface area (Å²) in [5, 5.41) is 6.97. The summed E-state index contributed by atoms with van der Waals surface area (Å²) in [4.78, 5) is 84.3. The molecule has 1 unspecified atom stereocenters. The average molecular weight is 529 g/mol. The Balaban J connectivity index is 1.32. The molecule has 14 nitrogen and oxygen atoms in total. The van der Waals surface area contributed by atoms with Gasteiger partial charge in [-0.05, 0) is 19.3 Å². The van der Waals surface area contributed by atoms with E-state index in [0.717, 1.165) is 11.0 Å². The van der Waals surface area contributed by atoms with Gasteiger partial charge in [0.15, 0.2) is 11.2 Å². The van der Waals surface area contributed by atoms with Gasteiger partial charge in [-0.1, -0.05) is 0 Å². The molecule has 37 heavy (non-hydrogen) atoms. The number of carbonyl (C=O) groups is 4. The molecule has 194 valence electrons. The molecular weight excluding hydrogens is 504 g/mol. The number of aryl methyl sites for hydroxylation is 1. The van der Waals surface area contributed by atoms with Gasteiger partial charge in [0.25, 0.3) is 11.5 Å². The molecule has 0 saturated carbocycles. The maximum absolute atomic E-state index is 13.3. The number of aromatic nitrogens is 5. The predicted octanol–water partition coefficient (Wildman–Crippen LogP) is -1.21. The summed E-state index contributed by atoms with van der Waals surface area (Å²) >= 11 is 1.25. The Labute approximate surface area is 212 Å². The van der Waals surface area contributed by atoms with Gasteiger partial charge in [0.05, 0.1) is 12.4 Å². The zero-order valence-electron chi connectivity index (χ0n) is 20.1. The number of hydrogen-bond donors (Lipinski definition) is 2. The lowest BCUT2D eigenvalue weighted by molar-refractivity contribution is -0.135. The Kier molecular flexibility index (Phi) is 6.23. The molecule has 4 amide bonds. The van der Waals surface area contributed by atoms with Crippen LogP contribution in [0.25, 0.3) is 11.2 Å². The van der Waals surface area contributed by atoms with Gasteiger partial charge in [-0.25, -0.2) is 14.8 Å². The van der Waals surface area contributed by atoms with E-state index in [-0.39, 0.29) is 54.1 Å². The summed E-state index contributed by atoms with van der Waals surface area (Å²) in [5.74, 6) is -1.69. The lowest BCUT2D eigenvalue weighted by Crippen LogP contribution is -2.52. The van der Waals surface area contributed by atoms with E-state index in [4.69, 9.17) is 0 Å². The predicted molar refractivity (Wildman–Crippen MR) is 130 cm³/mol. The molecule has 2 aliphatic rings. The van der Waals surface area contributed by atoms with Crippen LogP contribution in [0.5, 0.6) is 0 Å². The molecule has 0 aliphatic carbocycles. The normalized spacial score (nSPS) is 19.9. The van der Waals surface area contributed by atoms with E-state index in [1.54, 1.807) is 10.3 Å². The zero-order chi connectivity index (χ0) is 26.4. The molecule has 0 aromatic carbocycles. The molecule has 2 aliphatic heterocycles. The number of carbonyl (C=O) groups excluding carboxylic acids is 4. The summed E-state index contributed by atoms with van der Waals surface area (Å²) < 4.78 is 3.67. The molecule has 2 N–H and O–H groups in total. The standard InChI is InChI=1S/C22H24N8O6S/c1-27-17-16(21(35)28(2)22(27)36)29(10-23-17)8-15(32)30-7-3-4-13(30)20-25-12(9-37-20)19(34)24-11-5-6-14(31)26-18(11)33/h9-11,13H,3-8H2,1-2H3,(H,24,34)(H,26,31,33)/t11?,13-/m1/s1. The fourth-order valence-electron chi connectivity index (χ4n) is 4.68. The van der Waals surface area contributed by atoms with Crippen LogP contribution < -0.4 is 21.9 Å². The van der Waals surface area contributed by atoms with Gasteiger partial charge in [-0.15, -0.1) is 11.3 Å². The molecule has 2 saturated heterocycles. The number of rotatable bonds is 5. The fourth-order valence-corrected chi connectivity index (χ4v) is 5.63. The van der Waals surface area contributed by atoms with Crippen LogP contribution in [-0.2, 0) is 35.0 Å². The Hall–Kier alpha value is -4.14. The zero-order valence-corrected chi connectivity index (χ0v) is 20.9. The first-order valence-corrected chi connectivity index (χ1v) is 12.5. The van der Waals surface area contributed by atoms with E-state index in [9.17, 15) is 28.8 Å². The van der Waals surface area contributed by atoms with E-state index in [1.807, 2.05) is 0 Å². The maximum atomic E-state index is 13.3. The smallest absolute Gasteiger partial charge is 0.332 e. The van der Waals surface area contributed by atoms with Crippen molar-refractivity contribution in [3.63, 3.8) is 0 Å². The van der Waals surface area contributed by atoms with Crippen LogP contribution in [0.15, 0.2) is 21.3 Å². The summed E-state index contributed by atoms with van der Waals surface area (Å²) in [7, 11) is 2.88. The highest BCUT2D eigenvalue weighted by molar-refractivity contribution is 7.09. The molecule has 3 aromatic rings. The van der Waals surface area contributed by atoms with E-state index >= 15 is 0 Å². The Morgan fingerprint density at radius 1 is 1.16 bits per heavy atom. The molecule has 0 bridgehead atoms. The SMILES string of the molecule is Cn1c(=O)c2c(ncn2CC(=O)N2CCC[C@@H]2c2nc(C(=O)NC3CCC(=O)NC3=O)cs2)n(C)c1=O. The fraction of sp³-hybridized carbons (Fsp3) is 0.455. The van der Waals surface area contributed by atoms with Gasteiger partial charge in [0.1, 0.15) is 23.3 Å². The highest BCUT2D eigenvalue weighted by Gasteiger charge is 2.34. The molecule has 0 radical (unpaired) electrons. The van der Waals surface area contributed by atoms with Crippen LogP contribution >= 0.6 is 11.3 Å². The van der Waals surface area contributed by atoms with Gasteiger partial charge < -0.3 is 14.8 Å². The van der Waals surface area contributed by atoms with Crippen LogP contribution in [0.1, 0.15) is 47.2 Å². The lowest BCUT2D eigenvalue weighted by Gasteiger charge is -2.23. The molecule has 5 heterocycles. The quantitative estimate of drug-likeness (QED) is 0.389. The van der Waals surface area contributed by atoms with Gasteiger partial charge in [0.2, 0.25) is 17.7 Å². The van der Waals surface area contributed by atoms with Crippen LogP contribution in [0.4, 0.5) is 0 Å². The number of imidazole rings is 1. The van der Waals surface area contributed by atoms with Crippen molar-refractivity contribution in [3.8, 4) is 0 Å². The van der Waals surface area contributed by atoms with E-state index < -0.39 is 29.1 Å². The molecule has 5 rings (SSSR count). The van der Waals surface area contributed by atoms with Crippen LogP contribution in [0.3, 0.4) is 0 Å². The molecule has 2 fully saturated rings. The average Bonchev–Trinajstić information content (AvgIpc) is 3.62. The van der Waals surface area contributed by atoms with Crippen molar-refractivity contribution < 1.29 is 19.2 Å². The van der Waals surface area contributed by atoms with Crippen molar-refractivity contribution in [2.75, 3.05) is 6.54 Å². The number of imide groups is 1. The molecule has 2 atom stereocenters. The maximum Gasteiger partial charge on any atom is 0.332 e. The number of piperidine rings is 1. The lowest BCUT2D eigenvalue weighted by atomic mass is 10.1. The second-order valence-electron chi connectivity index (χ2n) is 9.04.